The van der Waals surface area contributed by atoms with Gasteiger partial charge in [-0.05, 0) is 6.42 Å². The van der Waals surface area contributed by atoms with Gasteiger partial charge in [0, 0.05) is 12.8 Å². The summed E-state index contributed by atoms with van der Waals surface area (Å²) in [4.78, 5) is 10.9. The minimum absolute atomic E-state index is 0.0531. The summed E-state index contributed by atoms with van der Waals surface area (Å²) in [5.74, 6) is -0.404. The fraction of sp³-hybridized carbons (Fsp3) is 0.800. The highest BCUT2D eigenvalue weighted by atomic mass is 16.5. The molecule has 0 aromatic rings. The van der Waals surface area contributed by atoms with E-state index in [9.17, 15) is 9.90 Å². The van der Waals surface area contributed by atoms with E-state index in [1.54, 1.807) is 0 Å². The van der Waals surface area contributed by atoms with Crippen LogP contribution in [0, 0.1) is 11.3 Å². The number of rotatable bonds is 2. The second kappa shape index (κ2) is 4.61. The van der Waals surface area contributed by atoms with Crippen LogP contribution in [-0.2, 0) is 9.53 Å². The Morgan fingerprint density at radius 3 is 2.73 bits per heavy atom. The molecule has 4 unspecified atom stereocenters. The van der Waals surface area contributed by atoms with E-state index >= 15 is 0 Å². The quantitative estimate of drug-likeness (QED) is 0.617. The van der Waals surface area contributed by atoms with Gasteiger partial charge in [0.05, 0.1) is 6.10 Å². The van der Waals surface area contributed by atoms with Crippen LogP contribution in [0.4, 0.5) is 0 Å². The van der Waals surface area contributed by atoms with Crippen molar-refractivity contribution in [2.45, 2.75) is 45.4 Å². The monoisotopic (exact) mass is 214 g/mol. The van der Waals surface area contributed by atoms with Crippen molar-refractivity contribution < 1.29 is 14.6 Å². The third-order valence-corrected chi connectivity index (χ3v) is 2.79. The lowest BCUT2D eigenvalue weighted by Crippen LogP contribution is -2.58. The summed E-state index contributed by atoms with van der Waals surface area (Å²) < 4.78 is 5.34. The molecule has 1 aliphatic heterocycles. The second-order valence-corrected chi connectivity index (χ2v) is 3.96. The number of aliphatic hydroxyl groups excluding tert-OH is 1. The van der Waals surface area contributed by atoms with E-state index in [1.165, 1.54) is 6.92 Å². The normalized spacial score (nSPS) is 35.9. The lowest BCUT2D eigenvalue weighted by molar-refractivity contribution is -0.121. The standard InChI is InChI=1S/C10H18N2O3/c1-4-7-5(2)9(14)8(10(11)15-7)12-6(3)13/h5,7-9,11,14H,4H2,1-3H3,(H,12,13). The van der Waals surface area contributed by atoms with Gasteiger partial charge < -0.3 is 15.2 Å². The Morgan fingerprint density at radius 2 is 2.27 bits per heavy atom. The first-order chi connectivity index (χ1) is 6.97. The van der Waals surface area contributed by atoms with Crippen LogP contribution in [0.15, 0.2) is 0 Å². The van der Waals surface area contributed by atoms with Gasteiger partial charge in [-0.15, -0.1) is 0 Å². The average Bonchev–Trinajstić information content (AvgIpc) is 2.18. The van der Waals surface area contributed by atoms with Crippen molar-refractivity contribution in [1.29, 1.82) is 5.41 Å². The Kier molecular flexibility index (Phi) is 3.68. The zero-order valence-corrected chi connectivity index (χ0v) is 9.28. The van der Waals surface area contributed by atoms with Gasteiger partial charge in [0.25, 0.3) is 0 Å². The van der Waals surface area contributed by atoms with Gasteiger partial charge in [-0.2, -0.15) is 0 Å². The SMILES string of the molecule is CCC1OC(=N)C(NC(C)=O)C(O)C1C. The van der Waals surface area contributed by atoms with Crippen LogP contribution < -0.4 is 5.32 Å². The topological polar surface area (TPSA) is 82.4 Å². The van der Waals surface area contributed by atoms with E-state index in [0.717, 1.165) is 6.42 Å². The number of hydrogen-bond donors (Lipinski definition) is 3. The van der Waals surface area contributed by atoms with E-state index in [-0.39, 0.29) is 23.8 Å². The molecule has 0 aromatic carbocycles. The van der Waals surface area contributed by atoms with Crippen molar-refractivity contribution in [3.05, 3.63) is 0 Å². The first-order valence-corrected chi connectivity index (χ1v) is 5.17. The molecule has 1 saturated heterocycles. The molecular formula is C10H18N2O3. The molecule has 1 amide bonds. The zero-order chi connectivity index (χ0) is 11.6. The first kappa shape index (κ1) is 12.0. The van der Waals surface area contributed by atoms with Crippen LogP contribution in [0.5, 0.6) is 0 Å². The molecule has 4 atom stereocenters. The number of carbonyl (C=O) groups is 1. The van der Waals surface area contributed by atoms with Crippen LogP contribution in [0.25, 0.3) is 0 Å². The van der Waals surface area contributed by atoms with E-state index in [2.05, 4.69) is 5.32 Å². The van der Waals surface area contributed by atoms with Crippen LogP contribution in [0.2, 0.25) is 0 Å². The fourth-order valence-electron chi connectivity index (χ4n) is 1.85. The molecule has 0 radical (unpaired) electrons. The summed E-state index contributed by atoms with van der Waals surface area (Å²) in [7, 11) is 0. The summed E-state index contributed by atoms with van der Waals surface area (Å²) >= 11 is 0. The van der Waals surface area contributed by atoms with Gasteiger partial charge in [0.2, 0.25) is 11.8 Å². The molecule has 0 bridgehead atoms. The molecule has 0 saturated carbocycles. The Labute approximate surface area is 89.3 Å². The molecule has 15 heavy (non-hydrogen) atoms. The highest BCUT2D eigenvalue weighted by Crippen LogP contribution is 2.24. The Hall–Kier alpha value is -1.10. The lowest BCUT2D eigenvalue weighted by Gasteiger charge is -2.38. The van der Waals surface area contributed by atoms with Gasteiger partial charge in [0.15, 0.2) is 0 Å². The van der Waals surface area contributed by atoms with Crippen LogP contribution >= 0.6 is 0 Å². The summed E-state index contributed by atoms with van der Waals surface area (Å²) in [6.07, 6.45) is -0.148. The van der Waals surface area contributed by atoms with E-state index in [0.29, 0.717) is 0 Å². The fourth-order valence-corrected chi connectivity index (χ4v) is 1.85. The van der Waals surface area contributed by atoms with Crippen LogP contribution in [0.3, 0.4) is 0 Å². The zero-order valence-electron chi connectivity index (χ0n) is 9.28. The average molecular weight is 214 g/mol. The first-order valence-electron chi connectivity index (χ1n) is 5.17. The maximum atomic E-state index is 10.9. The maximum Gasteiger partial charge on any atom is 0.217 e. The van der Waals surface area contributed by atoms with Gasteiger partial charge in [-0.25, -0.2) is 0 Å². The van der Waals surface area contributed by atoms with Crippen molar-refractivity contribution >= 4 is 11.8 Å². The van der Waals surface area contributed by atoms with Crippen molar-refractivity contribution in [3.63, 3.8) is 0 Å². The van der Waals surface area contributed by atoms with Crippen molar-refractivity contribution in [2.24, 2.45) is 5.92 Å². The molecule has 0 spiro atoms. The maximum absolute atomic E-state index is 10.9. The summed E-state index contributed by atoms with van der Waals surface area (Å²) in [5, 5.41) is 20.0. The predicted molar refractivity (Wildman–Crippen MR) is 55.7 cm³/mol. The minimum atomic E-state index is -0.750. The number of aliphatic hydroxyl groups is 1. The molecule has 1 fully saturated rings. The second-order valence-electron chi connectivity index (χ2n) is 3.96. The lowest BCUT2D eigenvalue weighted by atomic mass is 9.88. The third-order valence-electron chi connectivity index (χ3n) is 2.79. The molecule has 5 nitrogen and oxygen atoms in total. The molecule has 1 rings (SSSR count). The molecule has 0 aromatic heterocycles. The van der Waals surface area contributed by atoms with E-state index in [1.807, 2.05) is 13.8 Å². The molecule has 5 heteroatoms. The van der Waals surface area contributed by atoms with Crippen LogP contribution in [-0.4, -0.2) is 35.2 Å². The molecular weight excluding hydrogens is 196 g/mol. The number of ether oxygens (including phenoxy) is 1. The van der Waals surface area contributed by atoms with E-state index in [4.69, 9.17) is 10.1 Å². The van der Waals surface area contributed by atoms with Crippen molar-refractivity contribution in [2.75, 3.05) is 0 Å². The summed E-state index contributed by atoms with van der Waals surface area (Å²) in [6.45, 7) is 5.16. The van der Waals surface area contributed by atoms with Gasteiger partial charge in [-0.3, -0.25) is 10.2 Å². The molecule has 86 valence electrons. The Balaban J connectivity index is 2.74. The van der Waals surface area contributed by atoms with Crippen molar-refractivity contribution in [1.82, 2.24) is 5.32 Å². The van der Waals surface area contributed by atoms with E-state index < -0.39 is 12.1 Å². The molecule has 0 aliphatic carbocycles. The Bertz CT molecular complexity index is 267. The third kappa shape index (κ3) is 2.47. The predicted octanol–water partition coefficient (Wildman–Crippen LogP) is 0.274. The largest absolute Gasteiger partial charge is 0.476 e. The number of hydrogen-bond acceptors (Lipinski definition) is 4. The number of nitrogens with one attached hydrogen (secondary N) is 2. The number of carbonyl (C=O) groups excluding carboxylic acids is 1. The molecule has 3 N–H and O–H groups in total. The van der Waals surface area contributed by atoms with Gasteiger partial charge in [0.1, 0.15) is 12.1 Å². The molecule has 1 aliphatic rings. The molecule has 1 heterocycles. The summed E-state index contributed by atoms with van der Waals surface area (Å²) in [5.41, 5.74) is 0. The van der Waals surface area contributed by atoms with Gasteiger partial charge in [-0.1, -0.05) is 13.8 Å². The highest BCUT2D eigenvalue weighted by molar-refractivity contribution is 5.86. The smallest absolute Gasteiger partial charge is 0.217 e. The van der Waals surface area contributed by atoms with Gasteiger partial charge >= 0.3 is 0 Å². The van der Waals surface area contributed by atoms with Crippen LogP contribution in [0.1, 0.15) is 27.2 Å². The Morgan fingerprint density at radius 1 is 1.67 bits per heavy atom. The highest BCUT2D eigenvalue weighted by Gasteiger charge is 2.40. The summed E-state index contributed by atoms with van der Waals surface area (Å²) in [6, 6.07) is -0.708. The van der Waals surface area contributed by atoms with Crippen molar-refractivity contribution in [3.8, 4) is 0 Å². The minimum Gasteiger partial charge on any atom is -0.476 e. The number of amides is 1.